The van der Waals surface area contributed by atoms with E-state index >= 15 is 0 Å². The van der Waals surface area contributed by atoms with Crippen LogP contribution in [0.5, 0.6) is 0 Å². The molecule has 24 aliphatic carbocycles. The molecule has 12 unspecified atom stereocenters. The lowest BCUT2D eigenvalue weighted by Gasteiger charge is -2.80. The molecule has 24 aliphatic rings. The highest BCUT2D eigenvalue weighted by Gasteiger charge is 2.80. The molecule has 0 amide bonds. The third-order valence-corrected chi connectivity index (χ3v) is 50.8. The van der Waals surface area contributed by atoms with Gasteiger partial charge in [0.2, 0.25) is 0 Å². The Hall–Kier alpha value is -0.400. The van der Waals surface area contributed by atoms with Crippen LogP contribution in [0.25, 0.3) is 0 Å². The molecule has 0 saturated heterocycles. The summed E-state index contributed by atoms with van der Waals surface area (Å²) in [6.07, 6.45) is 152. The third-order valence-electron chi connectivity index (χ3n) is 50.8. The van der Waals surface area contributed by atoms with Crippen molar-refractivity contribution in [2.75, 3.05) is 0 Å². The van der Waals surface area contributed by atoms with E-state index in [1.54, 1.807) is 0 Å². The summed E-state index contributed by atoms with van der Waals surface area (Å²) < 4.78 is 0. The van der Waals surface area contributed by atoms with Gasteiger partial charge < -0.3 is 0 Å². The maximum absolute atomic E-state index is 4.18. The van der Waals surface area contributed by atoms with Gasteiger partial charge in [0.15, 0.2) is 0 Å². The van der Waals surface area contributed by atoms with Crippen molar-refractivity contribution >= 4 is 0 Å². The van der Waals surface area contributed by atoms with Gasteiger partial charge in [-0.15, -0.1) is 0 Å². The molecule has 0 aromatic rings. The first kappa shape index (κ1) is 107. The highest BCUT2D eigenvalue weighted by atomic mass is 15.5. The minimum atomic E-state index is 0.576. The maximum Gasteiger partial charge on any atom is 0.0420 e. The molecule has 0 radical (unpaired) electrons. The van der Waals surface area contributed by atoms with Crippen molar-refractivity contribution in [1.29, 1.82) is 0 Å². The minimum Gasteiger partial charge on any atom is -0.293 e. The minimum absolute atomic E-state index is 0.576. The van der Waals surface area contributed by atoms with Gasteiger partial charge in [-0.1, -0.05) is 385 Å². The molecule has 0 heterocycles. The van der Waals surface area contributed by atoms with Crippen LogP contribution in [-0.2, 0) is 0 Å². The number of nitrogens with zero attached hydrogens (tertiary/aromatic N) is 10. The Morgan fingerprint density at radius 2 is 0.123 bits per heavy atom. The summed E-state index contributed by atoms with van der Waals surface area (Å²) in [6.45, 7) is 0. The molecule has 0 spiro atoms. The predicted octanol–water partition coefficient (Wildman–Crippen LogP) is 34.1. The molecule has 0 bridgehead atoms. The van der Waals surface area contributed by atoms with E-state index in [0.717, 1.165) is 121 Å². The van der Waals surface area contributed by atoms with Crippen molar-refractivity contribution < 1.29 is 0 Å². The van der Waals surface area contributed by atoms with E-state index in [0.29, 0.717) is 95.9 Å². The van der Waals surface area contributed by atoms with Crippen LogP contribution < -0.4 is 0 Å². The van der Waals surface area contributed by atoms with Gasteiger partial charge in [0, 0.05) is 181 Å². The molecule has 0 aromatic carbocycles. The first-order valence-corrected chi connectivity index (χ1v) is 70.4. The Bertz CT molecular complexity index is 3080. The van der Waals surface area contributed by atoms with Crippen LogP contribution in [0.1, 0.15) is 642 Å². The van der Waals surface area contributed by atoms with Crippen LogP contribution in [0.15, 0.2) is 0 Å². The van der Waals surface area contributed by atoms with E-state index in [9.17, 15) is 0 Å². The lowest BCUT2D eigenvalue weighted by Crippen LogP contribution is -2.91. The Labute approximate surface area is 901 Å². The topological polar surface area (TPSA) is 32.4 Å². The Balaban J connectivity index is 0.941. The fourth-order valence-corrected chi connectivity index (χ4v) is 45.5. The molecule has 146 heavy (non-hydrogen) atoms. The van der Waals surface area contributed by atoms with Gasteiger partial charge in [0.1, 0.15) is 0 Å². The summed E-state index contributed by atoms with van der Waals surface area (Å²) >= 11 is 0. The standard InChI is InChI=1S/C136H236N10/c1-21-61-101(62-22-1)137(102-63-23-2-24-64-102)127-123-121-122-124(128(127)138(103-65-25-3-26-66-103)104-67-27-4-28-68-104)132(142(111-81-41-11-42-82-111)112-83-43-12-44-84-112)136(146(119-97-57-19-58-98-119)120-99-59-20-60-100-120)134(144(115-89-49-15-50-90-115)116-91-51-16-52-92-116)126(122)130(140(107-73-33-7-34-74-107)108-75-35-8-36-76-108)129(139(105-69-29-5-30-70-105)106-71-31-6-32-72-106)125(121)133(143(113-85-45-13-46-86-113)114-87-47-14-48-88-114)135(145(117-93-53-17-54-94-117)118-95-55-18-56-96-118)131(123)141(109-77-37-9-38-78-109)110-79-39-10-40-80-110/h101-136H,1-100H2. The normalized spacial score (nSPS) is 37.5. The molecule has 24 fully saturated rings. The van der Waals surface area contributed by atoms with Gasteiger partial charge in [0.25, 0.3) is 0 Å². The highest BCUT2D eigenvalue weighted by molar-refractivity contribution is 5.34. The lowest BCUT2D eigenvalue weighted by molar-refractivity contribution is -0.301. The van der Waals surface area contributed by atoms with Crippen LogP contribution in [-0.4, -0.2) is 230 Å². The molecule has 0 N–H and O–H groups in total. The number of hydrogen-bond donors (Lipinski definition) is 0. The van der Waals surface area contributed by atoms with Crippen molar-refractivity contribution in [1.82, 2.24) is 49.0 Å². The fraction of sp³-hybridized carbons (Fsp3) is 1.00. The van der Waals surface area contributed by atoms with Crippen LogP contribution in [0.3, 0.4) is 0 Å². The molecule has 0 aromatic heterocycles. The molecule has 830 valence electrons. The van der Waals surface area contributed by atoms with Crippen LogP contribution in [0, 0.1) is 35.5 Å². The smallest absolute Gasteiger partial charge is 0.0420 e. The second-order valence-corrected chi connectivity index (χ2v) is 58.7. The van der Waals surface area contributed by atoms with E-state index in [2.05, 4.69) is 49.0 Å². The SMILES string of the molecule is C1CCC(N(C2CCCCC2)C2C3C4C5C(C2N(C2CCCCC2)C2CCCCC2)C(N(C2CCCCC2)C2CCCCC2)C(N(C2CCCCC2)C2CCCCC2)C(N(C2CCCCC2)C2CCCCC2)C5C(N(C2CCCCC2)C2CCCCC2)C(N(C2CCCCC2)C2CCCCC2)C4C(N(C2CCCCC2)C2CCCCC2)C(N(C2CCCCC2)C2CCCCC2)C3N(C2CCCCC2)C2CCCCC2)CC1. The molecule has 12 atom stereocenters. The van der Waals surface area contributed by atoms with E-state index in [1.165, 1.54) is 642 Å². The Morgan fingerprint density at radius 1 is 0.0616 bits per heavy atom. The number of hydrogen-bond acceptors (Lipinski definition) is 10. The van der Waals surface area contributed by atoms with Crippen LogP contribution in [0.2, 0.25) is 0 Å². The first-order valence-electron chi connectivity index (χ1n) is 70.4. The molecular formula is C136H236N10. The van der Waals surface area contributed by atoms with E-state index in [-0.39, 0.29) is 0 Å². The van der Waals surface area contributed by atoms with Gasteiger partial charge in [-0.25, -0.2) is 0 Å². The van der Waals surface area contributed by atoms with E-state index < -0.39 is 0 Å². The molecule has 0 aliphatic heterocycles. The van der Waals surface area contributed by atoms with Gasteiger partial charge in [-0.2, -0.15) is 0 Å². The third kappa shape index (κ3) is 23.1. The Kier molecular flexibility index (Phi) is 38.7. The summed E-state index contributed by atoms with van der Waals surface area (Å²) in [5, 5.41) is 0. The first-order chi connectivity index (χ1) is 72.7. The quantitative estimate of drug-likeness (QED) is 0.0694. The van der Waals surface area contributed by atoms with Gasteiger partial charge in [0.05, 0.1) is 0 Å². The molecule has 24 saturated carbocycles. The molecule has 24 rings (SSSR count). The van der Waals surface area contributed by atoms with Crippen molar-refractivity contribution in [3.05, 3.63) is 0 Å². The summed E-state index contributed by atoms with van der Waals surface area (Å²) in [6, 6.07) is 20.4. The zero-order valence-electron chi connectivity index (χ0n) is 96.0. The van der Waals surface area contributed by atoms with E-state index in [4.69, 9.17) is 0 Å². The second-order valence-electron chi connectivity index (χ2n) is 58.7. The lowest BCUT2D eigenvalue weighted by atomic mass is 9.38. The van der Waals surface area contributed by atoms with Gasteiger partial charge in [-0.3, -0.25) is 49.0 Å². The monoisotopic (exact) mass is 2010 g/mol. The molecule has 10 heteroatoms. The van der Waals surface area contributed by atoms with Crippen LogP contribution in [0.4, 0.5) is 0 Å². The maximum atomic E-state index is 4.18. The zero-order chi connectivity index (χ0) is 97.3. The number of rotatable bonds is 30. The van der Waals surface area contributed by atoms with Crippen LogP contribution >= 0.6 is 0 Å². The second kappa shape index (κ2) is 52.8. The predicted molar refractivity (Wildman–Crippen MR) is 615 cm³/mol. The van der Waals surface area contributed by atoms with E-state index in [1.807, 2.05) is 0 Å². The van der Waals surface area contributed by atoms with Gasteiger partial charge in [-0.05, 0) is 292 Å². The highest BCUT2D eigenvalue weighted by Crippen LogP contribution is 2.72. The van der Waals surface area contributed by atoms with Crippen molar-refractivity contribution in [2.24, 2.45) is 35.5 Å². The van der Waals surface area contributed by atoms with Crippen molar-refractivity contribution in [3.63, 3.8) is 0 Å². The molecular weight excluding hydrogens is 1770 g/mol. The average Bonchev–Trinajstić information content (AvgIpc) is 0.651. The largest absolute Gasteiger partial charge is 0.293 e. The average molecular weight is 2010 g/mol. The van der Waals surface area contributed by atoms with Gasteiger partial charge >= 0.3 is 0 Å². The summed E-state index contributed by atoms with van der Waals surface area (Å²) in [7, 11) is 0. The fourth-order valence-electron chi connectivity index (χ4n) is 45.5. The zero-order valence-corrected chi connectivity index (χ0v) is 96.0. The molecule has 10 nitrogen and oxygen atoms in total. The summed E-state index contributed by atoms with van der Waals surface area (Å²) in [4.78, 5) is 41.6. The van der Waals surface area contributed by atoms with Crippen molar-refractivity contribution in [3.8, 4) is 0 Å². The Morgan fingerprint density at radius 3 is 0.199 bits per heavy atom. The van der Waals surface area contributed by atoms with Crippen molar-refractivity contribution in [2.45, 2.75) is 823 Å². The summed E-state index contributed by atoms with van der Waals surface area (Å²) in [5.41, 5.74) is 0. The summed E-state index contributed by atoms with van der Waals surface area (Å²) in [5.74, 6) is 4.05.